The highest BCUT2D eigenvalue weighted by molar-refractivity contribution is 5.92. The summed E-state index contributed by atoms with van der Waals surface area (Å²) >= 11 is 0. The van der Waals surface area contributed by atoms with Crippen molar-refractivity contribution in [1.29, 1.82) is 5.26 Å². The van der Waals surface area contributed by atoms with Crippen molar-refractivity contribution in [3.8, 4) is 11.8 Å². The molecule has 4 aromatic rings. The molecule has 6 heteroatoms. The van der Waals surface area contributed by atoms with Gasteiger partial charge in [-0.2, -0.15) is 5.26 Å². The van der Waals surface area contributed by atoms with Crippen LogP contribution in [0.1, 0.15) is 33.7 Å². The topological polar surface area (TPSA) is 91.2 Å². The van der Waals surface area contributed by atoms with Crippen molar-refractivity contribution >= 4 is 11.8 Å². The second-order valence-corrected chi connectivity index (χ2v) is 8.89. The molecule has 6 nitrogen and oxygen atoms in total. The van der Waals surface area contributed by atoms with E-state index in [9.17, 15) is 9.59 Å². The van der Waals surface area contributed by atoms with Crippen LogP contribution in [0.3, 0.4) is 0 Å². The molecule has 0 saturated carbocycles. The quantitative estimate of drug-likeness (QED) is 0.327. The van der Waals surface area contributed by atoms with Gasteiger partial charge in [0.25, 0.3) is 0 Å². The zero-order valence-corrected chi connectivity index (χ0v) is 21.1. The Bertz CT molecular complexity index is 1340. The summed E-state index contributed by atoms with van der Waals surface area (Å²) in [6, 6.07) is 34.8. The lowest BCUT2D eigenvalue weighted by Gasteiger charge is -2.23. The third-order valence-electron chi connectivity index (χ3n) is 6.31. The highest BCUT2D eigenvalue weighted by atomic mass is 16.5. The fourth-order valence-corrected chi connectivity index (χ4v) is 4.26. The minimum Gasteiger partial charge on any atom is -0.497 e. The van der Waals surface area contributed by atoms with Crippen LogP contribution in [0.5, 0.6) is 5.75 Å². The van der Waals surface area contributed by atoms with Gasteiger partial charge in [-0.25, -0.2) is 0 Å². The third-order valence-corrected chi connectivity index (χ3v) is 6.31. The van der Waals surface area contributed by atoms with Crippen molar-refractivity contribution in [2.45, 2.75) is 24.9 Å². The van der Waals surface area contributed by atoms with Crippen molar-refractivity contribution in [1.82, 2.24) is 10.6 Å². The molecule has 4 rings (SSSR count). The number of rotatable bonds is 10. The van der Waals surface area contributed by atoms with Gasteiger partial charge >= 0.3 is 0 Å². The first-order valence-corrected chi connectivity index (χ1v) is 12.4. The number of hydrogen-bond donors (Lipinski definition) is 2. The Morgan fingerprint density at radius 2 is 1.32 bits per heavy atom. The second kappa shape index (κ2) is 12.9. The van der Waals surface area contributed by atoms with Crippen molar-refractivity contribution in [3.05, 3.63) is 137 Å². The molecule has 38 heavy (non-hydrogen) atoms. The van der Waals surface area contributed by atoms with Crippen LogP contribution >= 0.6 is 0 Å². The minimum atomic E-state index is -0.816. The van der Waals surface area contributed by atoms with Crippen molar-refractivity contribution in [2.75, 3.05) is 7.11 Å². The fourth-order valence-electron chi connectivity index (χ4n) is 4.26. The number of carbonyl (C=O) groups is 2. The largest absolute Gasteiger partial charge is 0.497 e. The van der Waals surface area contributed by atoms with Gasteiger partial charge in [-0.15, -0.1) is 0 Å². The summed E-state index contributed by atoms with van der Waals surface area (Å²) < 4.78 is 5.20. The van der Waals surface area contributed by atoms with Crippen LogP contribution in [0.25, 0.3) is 0 Å². The number of amides is 2. The molecule has 0 fully saturated rings. The monoisotopic (exact) mass is 503 g/mol. The Hall–Kier alpha value is -4.89. The molecular weight excluding hydrogens is 474 g/mol. The molecule has 2 N–H and O–H groups in total. The molecule has 0 saturated heterocycles. The Balaban J connectivity index is 1.57. The molecule has 0 spiro atoms. The van der Waals surface area contributed by atoms with E-state index in [1.165, 1.54) is 0 Å². The number of ether oxygens (including phenoxy) is 1. The van der Waals surface area contributed by atoms with Gasteiger partial charge in [0.2, 0.25) is 11.8 Å². The Kier molecular flexibility index (Phi) is 8.88. The third kappa shape index (κ3) is 6.86. The van der Waals surface area contributed by atoms with Crippen LogP contribution < -0.4 is 15.4 Å². The maximum absolute atomic E-state index is 13.7. The van der Waals surface area contributed by atoms with Gasteiger partial charge in [-0.1, -0.05) is 84.9 Å². The summed E-state index contributed by atoms with van der Waals surface area (Å²) in [7, 11) is 1.60. The van der Waals surface area contributed by atoms with Crippen molar-refractivity contribution in [3.63, 3.8) is 0 Å². The Morgan fingerprint density at radius 3 is 1.84 bits per heavy atom. The highest BCUT2D eigenvalue weighted by Gasteiger charge is 2.28. The van der Waals surface area contributed by atoms with Crippen molar-refractivity contribution in [2.24, 2.45) is 0 Å². The van der Waals surface area contributed by atoms with E-state index in [0.717, 1.165) is 28.0 Å². The Labute approximate surface area is 222 Å². The standard InChI is InChI=1S/C32H29N3O3/c1-38-28-18-16-25(17-19-28)22-34-31(36)29(20-23-12-14-24(21-33)15-13-23)35-32(37)30(26-8-4-2-5-9-26)27-10-6-3-7-11-27/h2-19,29-30H,20,22H2,1H3,(H,34,36)(H,35,37). The van der Waals surface area contributed by atoms with E-state index in [1.807, 2.05) is 84.9 Å². The lowest BCUT2D eigenvalue weighted by molar-refractivity contribution is -0.129. The summed E-state index contributed by atoms with van der Waals surface area (Å²) in [4.78, 5) is 27.1. The fraction of sp³-hybridized carbons (Fsp3) is 0.156. The summed E-state index contributed by atoms with van der Waals surface area (Å²) in [5, 5.41) is 15.1. The van der Waals surface area contributed by atoms with Crippen LogP contribution in [0.15, 0.2) is 109 Å². The van der Waals surface area contributed by atoms with Gasteiger partial charge in [0.15, 0.2) is 0 Å². The van der Waals surface area contributed by atoms with Crippen LogP contribution in [0.2, 0.25) is 0 Å². The molecule has 0 aliphatic rings. The lowest BCUT2D eigenvalue weighted by Crippen LogP contribution is -2.49. The van der Waals surface area contributed by atoms with E-state index >= 15 is 0 Å². The maximum Gasteiger partial charge on any atom is 0.243 e. The first-order valence-electron chi connectivity index (χ1n) is 12.4. The number of nitrogens with zero attached hydrogens (tertiary/aromatic N) is 1. The van der Waals surface area contributed by atoms with Crippen LogP contribution in [-0.4, -0.2) is 25.0 Å². The summed E-state index contributed by atoms with van der Waals surface area (Å²) in [6.45, 7) is 0.309. The average molecular weight is 504 g/mol. The van der Waals surface area contributed by atoms with Crippen LogP contribution in [-0.2, 0) is 22.6 Å². The molecule has 0 aromatic heterocycles. The number of benzene rings is 4. The first kappa shape index (κ1) is 26.2. The highest BCUT2D eigenvalue weighted by Crippen LogP contribution is 2.25. The number of nitriles is 1. The van der Waals surface area contributed by atoms with E-state index in [4.69, 9.17) is 10.00 Å². The summed E-state index contributed by atoms with van der Waals surface area (Å²) in [5.74, 6) is -0.395. The van der Waals surface area contributed by atoms with E-state index < -0.39 is 12.0 Å². The molecule has 0 radical (unpaired) electrons. The molecule has 190 valence electrons. The van der Waals surface area contributed by atoms with Gasteiger partial charge in [-0.3, -0.25) is 9.59 Å². The summed E-state index contributed by atoms with van der Waals surface area (Å²) in [5.41, 5.74) is 3.96. The van der Waals surface area contributed by atoms with Crippen LogP contribution in [0, 0.1) is 11.3 Å². The van der Waals surface area contributed by atoms with E-state index in [1.54, 1.807) is 31.4 Å². The molecule has 0 aliphatic carbocycles. The predicted octanol–water partition coefficient (Wildman–Crippen LogP) is 4.74. The van der Waals surface area contributed by atoms with Crippen LogP contribution in [0.4, 0.5) is 0 Å². The second-order valence-electron chi connectivity index (χ2n) is 8.89. The number of methoxy groups -OCH3 is 1. The zero-order valence-electron chi connectivity index (χ0n) is 21.1. The van der Waals surface area contributed by atoms with Gasteiger partial charge < -0.3 is 15.4 Å². The normalized spacial score (nSPS) is 11.3. The van der Waals surface area contributed by atoms with Gasteiger partial charge in [0.1, 0.15) is 11.8 Å². The van der Waals surface area contributed by atoms with E-state index in [-0.39, 0.29) is 18.2 Å². The SMILES string of the molecule is COc1ccc(CNC(=O)C(Cc2ccc(C#N)cc2)NC(=O)C(c2ccccc2)c2ccccc2)cc1. The maximum atomic E-state index is 13.7. The molecule has 4 aromatic carbocycles. The molecule has 1 atom stereocenters. The molecule has 0 aliphatic heterocycles. The summed E-state index contributed by atoms with van der Waals surface area (Å²) in [6.07, 6.45) is 0.280. The number of carbonyl (C=O) groups excluding carboxylic acids is 2. The minimum absolute atomic E-state index is 0.263. The zero-order chi connectivity index (χ0) is 26.7. The van der Waals surface area contributed by atoms with E-state index in [0.29, 0.717) is 12.1 Å². The molecule has 0 bridgehead atoms. The van der Waals surface area contributed by atoms with Gasteiger partial charge in [0.05, 0.1) is 24.7 Å². The smallest absolute Gasteiger partial charge is 0.243 e. The first-order chi connectivity index (χ1) is 18.6. The number of hydrogen-bond acceptors (Lipinski definition) is 4. The van der Waals surface area contributed by atoms with Crippen molar-refractivity contribution < 1.29 is 14.3 Å². The van der Waals surface area contributed by atoms with Gasteiger partial charge in [-0.05, 0) is 46.5 Å². The molecule has 2 amide bonds. The van der Waals surface area contributed by atoms with Gasteiger partial charge in [0, 0.05) is 13.0 Å². The van der Waals surface area contributed by atoms with E-state index in [2.05, 4.69) is 16.7 Å². The Morgan fingerprint density at radius 1 is 0.763 bits per heavy atom. The average Bonchev–Trinajstić information content (AvgIpc) is 2.97. The number of nitrogens with one attached hydrogen (secondary N) is 2. The molecule has 1 unspecified atom stereocenters. The predicted molar refractivity (Wildman–Crippen MR) is 146 cm³/mol. The lowest BCUT2D eigenvalue weighted by atomic mass is 9.90. The molecule has 0 heterocycles. The molecular formula is C32H29N3O3.